The van der Waals surface area contributed by atoms with Crippen molar-refractivity contribution in [3.8, 4) is 17.0 Å². The fraction of sp³-hybridized carbons (Fsp3) is 0.231. The van der Waals surface area contributed by atoms with Gasteiger partial charge in [0.05, 0.1) is 11.4 Å². The third-order valence-corrected chi connectivity index (χ3v) is 3.79. The topological polar surface area (TPSA) is 68.5 Å². The summed E-state index contributed by atoms with van der Waals surface area (Å²) in [5, 5.41) is 2.42. The Kier molecular flexibility index (Phi) is 2.67. The Bertz CT molecular complexity index is 653. The molecule has 1 atom stereocenters. The molecule has 1 aromatic heterocycles. The lowest BCUT2D eigenvalue weighted by Crippen LogP contribution is -2.41. The SMILES string of the molecule is C[C@@H]1Oc2ccc(-c3csc(N)n3)cc2N(C)C1=O. The van der Waals surface area contributed by atoms with Crippen LogP contribution in [-0.4, -0.2) is 24.0 Å². The molecule has 0 unspecified atom stereocenters. The molecule has 0 spiro atoms. The molecule has 2 aromatic rings. The van der Waals surface area contributed by atoms with Crippen molar-refractivity contribution < 1.29 is 9.53 Å². The minimum atomic E-state index is -0.446. The number of nitrogens with zero attached hydrogens (tertiary/aromatic N) is 2. The highest BCUT2D eigenvalue weighted by atomic mass is 32.1. The van der Waals surface area contributed by atoms with Gasteiger partial charge in [0.25, 0.3) is 5.91 Å². The molecular weight excluding hydrogens is 262 g/mol. The number of anilines is 2. The van der Waals surface area contributed by atoms with Crippen LogP contribution in [0.5, 0.6) is 5.75 Å². The van der Waals surface area contributed by atoms with E-state index in [1.54, 1.807) is 18.9 Å². The molecule has 1 aromatic carbocycles. The predicted octanol–water partition coefficient (Wildman–Crippen LogP) is 2.14. The summed E-state index contributed by atoms with van der Waals surface area (Å²) in [4.78, 5) is 17.8. The number of nitrogens with two attached hydrogens (primary N) is 1. The lowest BCUT2D eigenvalue weighted by atomic mass is 10.1. The van der Waals surface area contributed by atoms with Crippen LogP contribution in [0.25, 0.3) is 11.3 Å². The number of ether oxygens (including phenoxy) is 1. The molecule has 2 heterocycles. The van der Waals surface area contributed by atoms with E-state index >= 15 is 0 Å². The normalized spacial score (nSPS) is 18.1. The van der Waals surface area contributed by atoms with Crippen LogP contribution in [0, 0.1) is 0 Å². The van der Waals surface area contributed by atoms with Gasteiger partial charge in [-0.25, -0.2) is 4.98 Å². The number of carbonyl (C=O) groups excluding carboxylic acids is 1. The minimum absolute atomic E-state index is 0.0533. The molecule has 0 saturated heterocycles. The summed E-state index contributed by atoms with van der Waals surface area (Å²) in [7, 11) is 1.75. The van der Waals surface area contributed by atoms with E-state index in [4.69, 9.17) is 10.5 Å². The van der Waals surface area contributed by atoms with Gasteiger partial charge in [-0.1, -0.05) is 0 Å². The summed E-state index contributed by atoms with van der Waals surface area (Å²) in [6.07, 6.45) is -0.446. The Morgan fingerprint density at radius 3 is 2.95 bits per heavy atom. The largest absolute Gasteiger partial charge is 0.479 e. The molecule has 0 fully saturated rings. The Labute approximate surface area is 114 Å². The molecular formula is C13H13N3O2S. The zero-order chi connectivity index (χ0) is 13.6. The molecule has 1 aliphatic rings. The van der Waals surface area contributed by atoms with E-state index in [-0.39, 0.29) is 5.91 Å². The number of nitrogen functional groups attached to an aromatic ring is 1. The summed E-state index contributed by atoms with van der Waals surface area (Å²) in [5.41, 5.74) is 8.13. The van der Waals surface area contributed by atoms with E-state index in [9.17, 15) is 4.79 Å². The molecule has 0 bridgehead atoms. The van der Waals surface area contributed by atoms with Crippen LogP contribution in [0.2, 0.25) is 0 Å². The van der Waals surface area contributed by atoms with Gasteiger partial charge in [-0.15, -0.1) is 11.3 Å². The van der Waals surface area contributed by atoms with Crippen LogP contribution < -0.4 is 15.4 Å². The first kappa shape index (κ1) is 12.0. The van der Waals surface area contributed by atoms with Crippen LogP contribution in [0.1, 0.15) is 6.92 Å². The van der Waals surface area contributed by atoms with Crippen molar-refractivity contribution in [3.05, 3.63) is 23.6 Å². The number of fused-ring (bicyclic) bond motifs is 1. The van der Waals surface area contributed by atoms with Gasteiger partial charge in [-0.05, 0) is 25.1 Å². The minimum Gasteiger partial charge on any atom is -0.479 e. The lowest BCUT2D eigenvalue weighted by Gasteiger charge is -2.30. The quantitative estimate of drug-likeness (QED) is 0.865. The maximum Gasteiger partial charge on any atom is 0.267 e. The number of hydrogen-bond acceptors (Lipinski definition) is 5. The lowest BCUT2D eigenvalue weighted by molar-refractivity contribution is -0.125. The number of carbonyl (C=O) groups is 1. The molecule has 0 saturated carbocycles. The molecule has 2 N–H and O–H groups in total. The fourth-order valence-corrected chi connectivity index (χ4v) is 2.66. The van der Waals surface area contributed by atoms with Gasteiger partial charge in [0.15, 0.2) is 11.2 Å². The summed E-state index contributed by atoms with van der Waals surface area (Å²) < 4.78 is 5.58. The summed E-state index contributed by atoms with van der Waals surface area (Å²) in [6, 6.07) is 5.68. The number of thiazole rings is 1. The number of aromatic nitrogens is 1. The highest BCUT2D eigenvalue weighted by Crippen LogP contribution is 2.37. The van der Waals surface area contributed by atoms with Crippen LogP contribution in [-0.2, 0) is 4.79 Å². The van der Waals surface area contributed by atoms with Gasteiger partial charge in [-0.2, -0.15) is 0 Å². The van der Waals surface area contributed by atoms with E-state index in [0.717, 1.165) is 16.9 Å². The molecule has 98 valence electrons. The van der Waals surface area contributed by atoms with E-state index in [2.05, 4.69) is 4.98 Å². The summed E-state index contributed by atoms with van der Waals surface area (Å²) in [5.74, 6) is 0.656. The second-order valence-electron chi connectivity index (χ2n) is 4.41. The molecule has 1 aliphatic heterocycles. The maximum atomic E-state index is 11.9. The average Bonchev–Trinajstić information content (AvgIpc) is 2.83. The number of benzene rings is 1. The van der Waals surface area contributed by atoms with Crippen molar-refractivity contribution >= 4 is 28.1 Å². The van der Waals surface area contributed by atoms with Gasteiger partial charge >= 0.3 is 0 Å². The van der Waals surface area contributed by atoms with E-state index in [0.29, 0.717) is 10.9 Å². The molecule has 0 aliphatic carbocycles. The standard InChI is InChI=1S/C13H13N3O2S/c1-7-12(17)16(2)10-5-8(3-4-11(10)18-7)9-6-19-13(14)15-9/h3-7H,1-2H3,(H2,14,15)/t7-/m0/s1. The molecule has 1 amide bonds. The number of rotatable bonds is 1. The molecule has 5 nitrogen and oxygen atoms in total. The highest BCUT2D eigenvalue weighted by molar-refractivity contribution is 7.13. The summed E-state index contributed by atoms with van der Waals surface area (Å²) >= 11 is 1.39. The van der Waals surface area contributed by atoms with Gasteiger partial charge < -0.3 is 15.4 Å². The Morgan fingerprint density at radius 1 is 1.47 bits per heavy atom. The summed E-state index contributed by atoms with van der Waals surface area (Å²) in [6.45, 7) is 1.75. The first-order valence-corrected chi connectivity index (χ1v) is 6.74. The van der Waals surface area contributed by atoms with Crippen molar-refractivity contribution in [1.29, 1.82) is 0 Å². The predicted molar refractivity (Wildman–Crippen MR) is 75.5 cm³/mol. The van der Waals surface area contributed by atoms with Crippen LogP contribution in [0.3, 0.4) is 0 Å². The smallest absolute Gasteiger partial charge is 0.267 e. The molecule has 0 radical (unpaired) electrons. The van der Waals surface area contributed by atoms with Gasteiger partial charge in [0, 0.05) is 18.0 Å². The van der Waals surface area contributed by atoms with Crippen LogP contribution >= 0.6 is 11.3 Å². The van der Waals surface area contributed by atoms with E-state index in [1.807, 2.05) is 23.6 Å². The van der Waals surface area contributed by atoms with Crippen molar-refractivity contribution in [2.24, 2.45) is 0 Å². The zero-order valence-corrected chi connectivity index (χ0v) is 11.4. The van der Waals surface area contributed by atoms with Crippen LogP contribution in [0.4, 0.5) is 10.8 Å². The Hall–Kier alpha value is -2.08. The first-order valence-electron chi connectivity index (χ1n) is 5.86. The average molecular weight is 275 g/mol. The molecule has 19 heavy (non-hydrogen) atoms. The third kappa shape index (κ3) is 1.94. The second kappa shape index (κ2) is 4.24. The Balaban J connectivity index is 2.07. The molecule has 3 rings (SSSR count). The highest BCUT2D eigenvalue weighted by Gasteiger charge is 2.29. The number of likely N-dealkylation sites (N-methyl/N-ethyl adjacent to an activating group) is 1. The molecule has 6 heteroatoms. The van der Waals surface area contributed by atoms with Gasteiger partial charge in [0.1, 0.15) is 5.75 Å². The van der Waals surface area contributed by atoms with Gasteiger partial charge in [0.2, 0.25) is 0 Å². The maximum absolute atomic E-state index is 11.9. The van der Waals surface area contributed by atoms with E-state index < -0.39 is 6.10 Å². The number of hydrogen-bond donors (Lipinski definition) is 1. The van der Waals surface area contributed by atoms with Crippen LogP contribution in [0.15, 0.2) is 23.6 Å². The zero-order valence-electron chi connectivity index (χ0n) is 10.6. The van der Waals surface area contributed by atoms with Crippen molar-refractivity contribution in [2.75, 3.05) is 17.7 Å². The third-order valence-electron chi connectivity index (χ3n) is 3.12. The van der Waals surface area contributed by atoms with Crippen molar-refractivity contribution in [3.63, 3.8) is 0 Å². The Morgan fingerprint density at radius 2 is 2.26 bits per heavy atom. The van der Waals surface area contributed by atoms with Crippen molar-refractivity contribution in [2.45, 2.75) is 13.0 Å². The monoisotopic (exact) mass is 275 g/mol. The van der Waals surface area contributed by atoms with Crippen molar-refractivity contribution in [1.82, 2.24) is 4.98 Å². The van der Waals surface area contributed by atoms with Gasteiger partial charge in [-0.3, -0.25) is 4.79 Å². The first-order chi connectivity index (χ1) is 9.06. The fourth-order valence-electron chi connectivity index (χ4n) is 2.09. The second-order valence-corrected chi connectivity index (χ2v) is 5.30. The van der Waals surface area contributed by atoms with E-state index in [1.165, 1.54) is 11.3 Å². The number of amides is 1.